The number of amides is 1. The molecule has 0 bridgehead atoms. The number of benzene rings is 3. The van der Waals surface area contributed by atoms with Gasteiger partial charge in [-0.2, -0.15) is 0 Å². The van der Waals surface area contributed by atoms with E-state index in [2.05, 4.69) is 57.4 Å². The zero-order chi connectivity index (χ0) is 20.9. The minimum atomic E-state index is -0.481. The highest BCUT2D eigenvalue weighted by Crippen LogP contribution is 2.44. The van der Waals surface area contributed by atoms with Gasteiger partial charge in [-0.3, -0.25) is 0 Å². The lowest BCUT2D eigenvalue weighted by Crippen LogP contribution is -2.26. The van der Waals surface area contributed by atoms with Gasteiger partial charge < -0.3 is 10.1 Å². The van der Waals surface area contributed by atoms with Gasteiger partial charge in [0.05, 0.1) is 5.56 Å². The number of fused-ring (bicyclic) bond motifs is 3. The second-order valence-electron chi connectivity index (χ2n) is 6.90. The van der Waals surface area contributed by atoms with Gasteiger partial charge in [0.2, 0.25) is 0 Å². The van der Waals surface area contributed by atoms with Crippen LogP contribution >= 0.6 is 15.9 Å². The number of hydrogen-bond acceptors (Lipinski definition) is 2. The van der Waals surface area contributed by atoms with Crippen LogP contribution in [0.5, 0.6) is 0 Å². The predicted molar refractivity (Wildman–Crippen MR) is 119 cm³/mol. The number of halogens is 2. The SMILES string of the molecule is O=C(NCCC#Cc1c(F)cccc1Br)OCC1c2ccccc2-c2ccccc21. The topological polar surface area (TPSA) is 38.3 Å². The second-order valence-corrected chi connectivity index (χ2v) is 7.76. The Morgan fingerprint density at radius 1 is 1.00 bits per heavy atom. The Bertz CT molecular complexity index is 1080. The molecule has 1 N–H and O–H groups in total. The molecule has 0 atom stereocenters. The number of alkyl carbamates (subject to hydrolysis) is 1. The minimum absolute atomic E-state index is 0.0290. The van der Waals surface area contributed by atoms with Crippen molar-refractivity contribution in [2.45, 2.75) is 12.3 Å². The van der Waals surface area contributed by atoms with E-state index in [-0.39, 0.29) is 18.3 Å². The van der Waals surface area contributed by atoms with E-state index in [0.29, 0.717) is 23.0 Å². The Morgan fingerprint density at radius 2 is 1.67 bits per heavy atom. The predicted octanol–water partition coefficient (Wildman–Crippen LogP) is 5.87. The molecule has 0 aromatic heterocycles. The minimum Gasteiger partial charge on any atom is -0.449 e. The van der Waals surface area contributed by atoms with Crippen molar-refractivity contribution < 1.29 is 13.9 Å². The largest absolute Gasteiger partial charge is 0.449 e. The Hall–Kier alpha value is -3.10. The molecule has 3 aromatic carbocycles. The fourth-order valence-electron chi connectivity index (χ4n) is 3.64. The van der Waals surface area contributed by atoms with Crippen LogP contribution in [-0.4, -0.2) is 19.2 Å². The fourth-order valence-corrected chi connectivity index (χ4v) is 4.09. The highest BCUT2D eigenvalue weighted by Gasteiger charge is 2.28. The summed E-state index contributed by atoms with van der Waals surface area (Å²) in [6, 6.07) is 21.1. The Kier molecular flexibility index (Phi) is 6.15. The first-order valence-corrected chi connectivity index (χ1v) is 10.5. The summed E-state index contributed by atoms with van der Waals surface area (Å²) < 4.78 is 19.8. The summed E-state index contributed by atoms with van der Waals surface area (Å²) in [7, 11) is 0. The highest BCUT2D eigenvalue weighted by molar-refractivity contribution is 9.10. The van der Waals surface area contributed by atoms with Gasteiger partial charge in [0.15, 0.2) is 0 Å². The Labute approximate surface area is 183 Å². The van der Waals surface area contributed by atoms with Crippen molar-refractivity contribution in [3.8, 4) is 23.0 Å². The molecule has 3 nitrogen and oxygen atoms in total. The number of ether oxygens (including phenoxy) is 1. The lowest BCUT2D eigenvalue weighted by molar-refractivity contribution is 0.143. The molecule has 0 saturated heterocycles. The van der Waals surface area contributed by atoms with Crippen LogP contribution in [0.3, 0.4) is 0 Å². The quantitative estimate of drug-likeness (QED) is 0.388. The molecule has 0 fully saturated rings. The van der Waals surface area contributed by atoms with Gasteiger partial charge in [-0.25, -0.2) is 9.18 Å². The molecular weight excluding hydrogens is 445 g/mol. The molecule has 0 aliphatic heterocycles. The smallest absolute Gasteiger partial charge is 0.407 e. The maximum atomic E-state index is 13.7. The summed E-state index contributed by atoms with van der Waals surface area (Å²) in [6.07, 6.45) is -0.0870. The summed E-state index contributed by atoms with van der Waals surface area (Å²) in [6.45, 7) is 0.601. The van der Waals surface area contributed by atoms with E-state index in [1.165, 1.54) is 28.3 Å². The lowest BCUT2D eigenvalue weighted by atomic mass is 9.98. The van der Waals surface area contributed by atoms with Crippen molar-refractivity contribution in [3.63, 3.8) is 0 Å². The van der Waals surface area contributed by atoms with Crippen molar-refractivity contribution in [2.24, 2.45) is 0 Å². The van der Waals surface area contributed by atoms with Crippen LogP contribution in [0.15, 0.2) is 71.2 Å². The molecule has 1 amide bonds. The number of nitrogens with one attached hydrogen (secondary N) is 1. The fraction of sp³-hybridized carbons (Fsp3) is 0.160. The zero-order valence-electron chi connectivity index (χ0n) is 16.1. The molecule has 1 aliphatic rings. The third-order valence-electron chi connectivity index (χ3n) is 5.04. The maximum absolute atomic E-state index is 13.7. The molecule has 0 spiro atoms. The average molecular weight is 464 g/mol. The molecule has 1 aliphatic carbocycles. The van der Waals surface area contributed by atoms with Crippen molar-refractivity contribution in [1.29, 1.82) is 0 Å². The van der Waals surface area contributed by atoms with Crippen LogP contribution in [0.2, 0.25) is 0 Å². The highest BCUT2D eigenvalue weighted by atomic mass is 79.9. The molecule has 3 aromatic rings. The molecule has 30 heavy (non-hydrogen) atoms. The van der Waals surface area contributed by atoms with Gasteiger partial charge in [-0.1, -0.05) is 66.4 Å². The third-order valence-corrected chi connectivity index (χ3v) is 5.70. The van der Waals surface area contributed by atoms with Crippen LogP contribution in [0.25, 0.3) is 11.1 Å². The monoisotopic (exact) mass is 463 g/mol. The first-order valence-electron chi connectivity index (χ1n) is 9.67. The molecule has 4 rings (SSSR count). The molecule has 0 radical (unpaired) electrons. The number of rotatable bonds is 4. The third kappa shape index (κ3) is 4.24. The standard InChI is InChI=1S/C25H19BrFNO2/c26-23-13-7-14-24(27)21(23)12-5-6-15-28-25(29)30-16-22-19-10-3-1-8-17(19)18-9-2-4-11-20(18)22/h1-4,7-11,13-14,22H,6,15-16H2,(H,28,29). The molecule has 0 unspecified atom stereocenters. The number of carbonyl (C=O) groups excluding carboxylic acids is 1. The van der Waals surface area contributed by atoms with Gasteiger partial charge in [0.1, 0.15) is 12.4 Å². The van der Waals surface area contributed by atoms with Gasteiger partial charge in [0.25, 0.3) is 0 Å². The van der Waals surface area contributed by atoms with E-state index < -0.39 is 6.09 Å². The number of carbonyl (C=O) groups is 1. The van der Waals surface area contributed by atoms with Crippen LogP contribution in [0, 0.1) is 17.7 Å². The molecular formula is C25H19BrFNO2. The maximum Gasteiger partial charge on any atom is 0.407 e. The first-order chi connectivity index (χ1) is 14.6. The Morgan fingerprint density at radius 3 is 2.33 bits per heavy atom. The molecule has 0 heterocycles. The van der Waals surface area contributed by atoms with Gasteiger partial charge in [-0.15, -0.1) is 0 Å². The van der Waals surface area contributed by atoms with E-state index >= 15 is 0 Å². The van der Waals surface area contributed by atoms with Crippen molar-refractivity contribution in [3.05, 3.63) is 93.7 Å². The van der Waals surface area contributed by atoms with E-state index in [4.69, 9.17) is 4.74 Å². The van der Waals surface area contributed by atoms with Crippen LogP contribution in [0.4, 0.5) is 9.18 Å². The average Bonchev–Trinajstić information content (AvgIpc) is 3.08. The Balaban J connectivity index is 1.31. The van der Waals surface area contributed by atoms with Gasteiger partial charge >= 0.3 is 6.09 Å². The van der Waals surface area contributed by atoms with Gasteiger partial charge in [-0.05, 0) is 50.3 Å². The summed E-state index contributed by atoms with van der Waals surface area (Å²) >= 11 is 3.28. The second kappa shape index (κ2) is 9.15. The summed E-state index contributed by atoms with van der Waals surface area (Å²) in [4.78, 5) is 12.1. The van der Waals surface area contributed by atoms with Crippen LogP contribution in [-0.2, 0) is 4.74 Å². The van der Waals surface area contributed by atoms with E-state index in [9.17, 15) is 9.18 Å². The molecule has 150 valence electrons. The first kappa shape index (κ1) is 20.2. The molecule has 5 heteroatoms. The van der Waals surface area contributed by atoms with Crippen molar-refractivity contribution in [2.75, 3.05) is 13.2 Å². The molecule has 0 saturated carbocycles. The van der Waals surface area contributed by atoms with E-state index in [0.717, 1.165) is 0 Å². The normalized spacial score (nSPS) is 11.8. The van der Waals surface area contributed by atoms with Crippen LogP contribution in [0.1, 0.15) is 29.0 Å². The summed E-state index contributed by atoms with van der Waals surface area (Å²) in [5, 5.41) is 2.70. The summed E-state index contributed by atoms with van der Waals surface area (Å²) in [5.74, 6) is 5.32. The van der Waals surface area contributed by atoms with E-state index in [1.54, 1.807) is 12.1 Å². The van der Waals surface area contributed by atoms with Crippen molar-refractivity contribution >= 4 is 22.0 Å². The number of hydrogen-bond donors (Lipinski definition) is 1. The zero-order valence-corrected chi connectivity index (χ0v) is 17.7. The van der Waals surface area contributed by atoms with Crippen LogP contribution < -0.4 is 5.32 Å². The lowest BCUT2D eigenvalue weighted by Gasteiger charge is -2.14. The van der Waals surface area contributed by atoms with Gasteiger partial charge in [0, 0.05) is 23.4 Å². The van der Waals surface area contributed by atoms with Crippen molar-refractivity contribution in [1.82, 2.24) is 5.32 Å². The van der Waals surface area contributed by atoms with E-state index in [1.807, 2.05) is 24.3 Å². The summed E-state index contributed by atoms with van der Waals surface area (Å²) in [5.41, 5.74) is 5.05.